The highest BCUT2D eigenvalue weighted by atomic mass is 32.2. The average molecular weight is 200 g/mol. The van der Waals surface area contributed by atoms with Crippen molar-refractivity contribution in [2.75, 3.05) is 0 Å². The topological polar surface area (TPSA) is 63.1 Å². The van der Waals surface area contributed by atoms with Crippen LogP contribution < -0.4 is 0 Å². The minimum atomic E-state index is -1.82. The fraction of sp³-hybridized carbons (Fsp3) is 0.500. The summed E-state index contributed by atoms with van der Waals surface area (Å²) in [6.07, 6.45) is 3.05. The number of hydrogen-bond acceptors (Lipinski definition) is 3. The van der Waals surface area contributed by atoms with Crippen LogP contribution in [-0.2, 0) is 16.8 Å². The smallest absolute Gasteiger partial charge is 0.157 e. The third kappa shape index (κ3) is 2.86. The maximum absolute atomic E-state index is 10.6. The van der Waals surface area contributed by atoms with E-state index in [4.69, 9.17) is 4.55 Å². The molecular formula is C8H12N2O2S. The van der Waals surface area contributed by atoms with Gasteiger partial charge in [-0.1, -0.05) is 13.8 Å². The quantitative estimate of drug-likeness (QED) is 0.747. The van der Waals surface area contributed by atoms with Crippen molar-refractivity contribution in [2.24, 2.45) is 0 Å². The molecule has 0 aliphatic rings. The van der Waals surface area contributed by atoms with Crippen molar-refractivity contribution in [3.05, 3.63) is 23.8 Å². The Balaban J connectivity index is 2.97. The zero-order valence-electron chi connectivity index (χ0n) is 7.60. The number of nitrogens with zero attached hydrogens (tertiary/aromatic N) is 2. The van der Waals surface area contributed by atoms with Crippen LogP contribution in [-0.4, -0.2) is 18.7 Å². The molecule has 1 rings (SSSR count). The molecule has 5 heteroatoms. The maximum atomic E-state index is 10.6. The van der Waals surface area contributed by atoms with Crippen molar-refractivity contribution >= 4 is 11.1 Å². The number of hydrogen-bond donors (Lipinski definition) is 1. The lowest BCUT2D eigenvalue weighted by molar-refractivity contribution is 0.562. The highest BCUT2D eigenvalue weighted by molar-refractivity contribution is 7.78. The first-order valence-corrected chi connectivity index (χ1v) is 5.25. The Morgan fingerprint density at radius 2 is 2.31 bits per heavy atom. The van der Waals surface area contributed by atoms with E-state index in [0.29, 0.717) is 0 Å². The van der Waals surface area contributed by atoms with Gasteiger partial charge in [0.1, 0.15) is 6.33 Å². The molecule has 1 heterocycles. The molecule has 0 aliphatic carbocycles. The summed E-state index contributed by atoms with van der Waals surface area (Å²) in [6.45, 7) is 3.98. The Hall–Kier alpha value is -0.810. The largest absolute Gasteiger partial charge is 0.306 e. The fourth-order valence-electron chi connectivity index (χ4n) is 1.13. The van der Waals surface area contributed by atoms with Crippen LogP contribution in [0.3, 0.4) is 0 Å². The normalized spacial score (nSPS) is 13.2. The Bertz CT molecular complexity index is 315. The first-order valence-electron chi connectivity index (χ1n) is 3.97. The zero-order chi connectivity index (χ0) is 9.84. The lowest BCUT2D eigenvalue weighted by Gasteiger charge is -2.08. The minimum Gasteiger partial charge on any atom is -0.306 e. The third-order valence-electron chi connectivity index (χ3n) is 1.65. The Kier molecular flexibility index (Phi) is 3.50. The SMILES string of the molecule is CC(C)c1ncncc1CS(=O)O. The molecule has 0 bridgehead atoms. The second kappa shape index (κ2) is 4.43. The van der Waals surface area contributed by atoms with Crippen LogP contribution in [0.2, 0.25) is 0 Å². The molecule has 0 fully saturated rings. The van der Waals surface area contributed by atoms with Crippen molar-refractivity contribution in [2.45, 2.75) is 25.5 Å². The molecule has 1 unspecified atom stereocenters. The molecule has 1 aromatic rings. The number of aromatic nitrogens is 2. The standard InChI is InChI=1S/C8H12N2O2S/c1-6(2)8-7(4-13(11)12)3-9-5-10-8/h3,5-6H,4H2,1-2H3,(H,11,12). The van der Waals surface area contributed by atoms with Gasteiger partial charge in [0, 0.05) is 11.8 Å². The van der Waals surface area contributed by atoms with Crippen LogP contribution in [0, 0.1) is 0 Å². The van der Waals surface area contributed by atoms with E-state index in [2.05, 4.69) is 9.97 Å². The van der Waals surface area contributed by atoms with Crippen molar-refractivity contribution < 1.29 is 8.76 Å². The van der Waals surface area contributed by atoms with E-state index >= 15 is 0 Å². The number of rotatable bonds is 3. The van der Waals surface area contributed by atoms with Crippen LogP contribution in [0.25, 0.3) is 0 Å². The Morgan fingerprint density at radius 3 is 2.85 bits per heavy atom. The van der Waals surface area contributed by atoms with Gasteiger partial charge in [0.05, 0.1) is 11.4 Å². The summed E-state index contributed by atoms with van der Waals surface area (Å²) in [5, 5.41) is 0. The maximum Gasteiger partial charge on any atom is 0.157 e. The van der Waals surface area contributed by atoms with Crippen molar-refractivity contribution in [1.82, 2.24) is 9.97 Å². The molecule has 4 nitrogen and oxygen atoms in total. The molecule has 0 saturated carbocycles. The molecule has 0 spiro atoms. The van der Waals surface area contributed by atoms with Gasteiger partial charge in [0.15, 0.2) is 11.1 Å². The van der Waals surface area contributed by atoms with Gasteiger partial charge in [0.25, 0.3) is 0 Å². The van der Waals surface area contributed by atoms with Crippen molar-refractivity contribution in [1.29, 1.82) is 0 Å². The molecule has 0 amide bonds. The van der Waals surface area contributed by atoms with Gasteiger partial charge in [0.2, 0.25) is 0 Å². The van der Waals surface area contributed by atoms with Crippen LogP contribution in [0.15, 0.2) is 12.5 Å². The van der Waals surface area contributed by atoms with Gasteiger partial charge in [-0.25, -0.2) is 14.2 Å². The van der Waals surface area contributed by atoms with Gasteiger partial charge >= 0.3 is 0 Å². The van der Waals surface area contributed by atoms with Crippen LogP contribution in [0.4, 0.5) is 0 Å². The van der Waals surface area contributed by atoms with E-state index in [0.717, 1.165) is 11.3 Å². The summed E-state index contributed by atoms with van der Waals surface area (Å²) < 4.78 is 19.3. The summed E-state index contributed by atoms with van der Waals surface area (Å²) in [6, 6.07) is 0. The molecule has 1 aromatic heterocycles. The summed E-state index contributed by atoms with van der Waals surface area (Å²) in [5.74, 6) is 0.357. The second-order valence-electron chi connectivity index (χ2n) is 3.05. The van der Waals surface area contributed by atoms with E-state index in [1.54, 1.807) is 6.20 Å². The highest BCUT2D eigenvalue weighted by Crippen LogP contribution is 2.16. The summed E-state index contributed by atoms with van der Waals surface area (Å²) in [4.78, 5) is 7.90. The highest BCUT2D eigenvalue weighted by Gasteiger charge is 2.09. The molecule has 0 saturated heterocycles. The van der Waals surface area contributed by atoms with Crippen molar-refractivity contribution in [3.63, 3.8) is 0 Å². The molecule has 1 N–H and O–H groups in total. The monoisotopic (exact) mass is 200 g/mol. The zero-order valence-corrected chi connectivity index (χ0v) is 8.41. The molecule has 0 aromatic carbocycles. The van der Waals surface area contributed by atoms with E-state index in [1.165, 1.54) is 6.33 Å². The molecule has 72 valence electrons. The van der Waals surface area contributed by atoms with Crippen LogP contribution >= 0.6 is 0 Å². The van der Waals surface area contributed by atoms with Gasteiger partial charge in [-0.2, -0.15) is 0 Å². The molecule has 0 aliphatic heterocycles. The van der Waals surface area contributed by atoms with E-state index in [1.807, 2.05) is 13.8 Å². The Labute approximate surface area is 79.7 Å². The molecule has 13 heavy (non-hydrogen) atoms. The molecular weight excluding hydrogens is 188 g/mol. The van der Waals surface area contributed by atoms with Gasteiger partial charge in [-0.15, -0.1) is 0 Å². The summed E-state index contributed by atoms with van der Waals surface area (Å²) >= 11 is -1.82. The summed E-state index contributed by atoms with van der Waals surface area (Å²) in [7, 11) is 0. The van der Waals surface area contributed by atoms with E-state index in [9.17, 15) is 4.21 Å². The molecule has 1 atom stereocenters. The van der Waals surface area contributed by atoms with Gasteiger partial charge < -0.3 is 4.55 Å². The summed E-state index contributed by atoms with van der Waals surface area (Å²) in [5.41, 5.74) is 1.59. The second-order valence-corrected chi connectivity index (χ2v) is 3.99. The van der Waals surface area contributed by atoms with Crippen molar-refractivity contribution in [3.8, 4) is 0 Å². The minimum absolute atomic E-state index is 0.106. The lowest BCUT2D eigenvalue weighted by Crippen LogP contribution is -2.03. The fourth-order valence-corrected chi connectivity index (χ4v) is 1.62. The third-order valence-corrected chi connectivity index (χ3v) is 2.21. The predicted molar refractivity (Wildman–Crippen MR) is 50.6 cm³/mol. The Morgan fingerprint density at radius 1 is 1.62 bits per heavy atom. The molecule has 0 radical (unpaired) electrons. The first kappa shape index (κ1) is 10.3. The van der Waals surface area contributed by atoms with Gasteiger partial charge in [-0.05, 0) is 5.92 Å². The lowest BCUT2D eigenvalue weighted by atomic mass is 10.1. The van der Waals surface area contributed by atoms with E-state index in [-0.39, 0.29) is 11.7 Å². The first-order chi connectivity index (χ1) is 6.11. The van der Waals surface area contributed by atoms with Crippen LogP contribution in [0.1, 0.15) is 31.0 Å². The van der Waals surface area contributed by atoms with Gasteiger partial charge in [-0.3, -0.25) is 0 Å². The average Bonchev–Trinajstić information content (AvgIpc) is 2.03. The van der Waals surface area contributed by atoms with E-state index < -0.39 is 11.1 Å². The van der Waals surface area contributed by atoms with Crippen LogP contribution in [0.5, 0.6) is 0 Å². The predicted octanol–water partition coefficient (Wildman–Crippen LogP) is 1.32.